The van der Waals surface area contributed by atoms with Gasteiger partial charge in [0.05, 0.1) is 7.11 Å². The molecule has 0 aliphatic carbocycles. The first-order chi connectivity index (χ1) is 8.69. The summed E-state index contributed by atoms with van der Waals surface area (Å²) in [6.07, 6.45) is 8.09. The number of benzene rings is 1. The van der Waals surface area contributed by atoms with E-state index in [0.717, 1.165) is 37.1 Å². The molecule has 0 aliphatic rings. The van der Waals surface area contributed by atoms with Crippen LogP contribution >= 0.6 is 0 Å². The zero-order valence-corrected chi connectivity index (χ0v) is 11.1. The predicted molar refractivity (Wildman–Crippen MR) is 73.8 cm³/mol. The van der Waals surface area contributed by atoms with E-state index in [1.54, 1.807) is 19.2 Å². The molecule has 1 atom stereocenters. The lowest BCUT2D eigenvalue weighted by atomic mass is 10.1. The maximum atomic E-state index is 9.82. The third-order valence-electron chi connectivity index (χ3n) is 2.90. The van der Waals surface area contributed by atoms with Gasteiger partial charge in [-0.1, -0.05) is 0 Å². The van der Waals surface area contributed by atoms with E-state index in [4.69, 9.17) is 11.2 Å². The fraction of sp³-hybridized carbons (Fsp3) is 0.467. The number of aromatic hydroxyl groups is 1. The van der Waals surface area contributed by atoms with Gasteiger partial charge in [-0.25, -0.2) is 0 Å². The van der Waals surface area contributed by atoms with Crippen LogP contribution in [0.3, 0.4) is 0 Å². The Bertz CT molecular complexity index is 409. The zero-order valence-electron chi connectivity index (χ0n) is 11.1. The minimum Gasteiger partial charge on any atom is -0.508 e. The summed E-state index contributed by atoms with van der Waals surface area (Å²) in [5.41, 5.74) is 0.853. The van der Waals surface area contributed by atoms with E-state index in [1.807, 2.05) is 13.0 Å². The van der Waals surface area contributed by atoms with Crippen molar-refractivity contribution < 1.29 is 9.84 Å². The lowest BCUT2D eigenvalue weighted by Crippen LogP contribution is -2.19. The summed E-state index contributed by atoms with van der Waals surface area (Å²) in [4.78, 5) is 0. The van der Waals surface area contributed by atoms with Crippen molar-refractivity contribution >= 4 is 0 Å². The second kappa shape index (κ2) is 7.62. The molecule has 2 N–H and O–H groups in total. The first kappa shape index (κ1) is 14.4. The number of rotatable bonds is 7. The number of phenols is 1. The van der Waals surface area contributed by atoms with Crippen molar-refractivity contribution in [2.75, 3.05) is 13.7 Å². The van der Waals surface area contributed by atoms with Crippen LogP contribution in [0.4, 0.5) is 0 Å². The Morgan fingerprint density at radius 1 is 1.44 bits per heavy atom. The first-order valence-corrected chi connectivity index (χ1v) is 6.22. The van der Waals surface area contributed by atoms with E-state index in [0.29, 0.717) is 5.75 Å². The van der Waals surface area contributed by atoms with Crippen molar-refractivity contribution in [1.82, 2.24) is 5.32 Å². The molecule has 0 saturated carbocycles. The second-order valence-electron chi connectivity index (χ2n) is 4.26. The summed E-state index contributed by atoms with van der Waals surface area (Å²) >= 11 is 0. The van der Waals surface area contributed by atoms with Gasteiger partial charge in [0.1, 0.15) is 11.5 Å². The largest absolute Gasteiger partial charge is 0.508 e. The van der Waals surface area contributed by atoms with Gasteiger partial charge in [0.25, 0.3) is 0 Å². The molecule has 1 unspecified atom stereocenters. The van der Waals surface area contributed by atoms with Crippen LogP contribution in [-0.4, -0.2) is 18.8 Å². The molecule has 0 amide bonds. The molecule has 3 nitrogen and oxygen atoms in total. The van der Waals surface area contributed by atoms with Gasteiger partial charge in [-0.15, -0.1) is 12.3 Å². The Kier molecular flexibility index (Phi) is 6.10. The standard InChI is InChI=1S/C15H21NO2/c1-4-5-6-7-10-16-12(2)14-11-13(18-3)8-9-15(14)17/h1,8-9,11-12,16-17H,5-7,10H2,2-3H3. The molecule has 0 aromatic heterocycles. The average Bonchev–Trinajstić information content (AvgIpc) is 2.39. The van der Waals surface area contributed by atoms with Crippen molar-refractivity contribution in [3.8, 4) is 23.8 Å². The highest BCUT2D eigenvalue weighted by molar-refractivity contribution is 5.41. The molecule has 1 aromatic carbocycles. The van der Waals surface area contributed by atoms with Gasteiger partial charge in [0, 0.05) is 18.0 Å². The maximum Gasteiger partial charge on any atom is 0.120 e. The van der Waals surface area contributed by atoms with Gasteiger partial charge < -0.3 is 15.2 Å². The topological polar surface area (TPSA) is 41.5 Å². The van der Waals surface area contributed by atoms with Gasteiger partial charge >= 0.3 is 0 Å². The summed E-state index contributed by atoms with van der Waals surface area (Å²) in [5, 5.41) is 13.2. The summed E-state index contributed by atoms with van der Waals surface area (Å²) in [6, 6.07) is 5.35. The molecule has 0 spiro atoms. The van der Waals surface area contributed by atoms with Crippen molar-refractivity contribution in [3.63, 3.8) is 0 Å². The Morgan fingerprint density at radius 2 is 2.22 bits per heavy atom. The van der Waals surface area contributed by atoms with Crippen LogP contribution in [0.15, 0.2) is 18.2 Å². The Balaban J connectivity index is 2.50. The highest BCUT2D eigenvalue weighted by atomic mass is 16.5. The number of phenolic OH excluding ortho intramolecular Hbond substituents is 1. The molecule has 0 bridgehead atoms. The van der Waals surface area contributed by atoms with Crippen LogP contribution in [0.5, 0.6) is 11.5 Å². The van der Waals surface area contributed by atoms with Gasteiger partial charge in [-0.3, -0.25) is 0 Å². The second-order valence-corrected chi connectivity index (χ2v) is 4.26. The van der Waals surface area contributed by atoms with Crippen LogP contribution in [0.2, 0.25) is 0 Å². The minimum absolute atomic E-state index is 0.0888. The lowest BCUT2D eigenvalue weighted by Gasteiger charge is -2.16. The van der Waals surface area contributed by atoms with Crippen molar-refractivity contribution in [1.29, 1.82) is 0 Å². The highest BCUT2D eigenvalue weighted by Crippen LogP contribution is 2.28. The average molecular weight is 247 g/mol. The van der Waals surface area contributed by atoms with E-state index in [2.05, 4.69) is 11.2 Å². The van der Waals surface area contributed by atoms with E-state index in [9.17, 15) is 5.11 Å². The molecule has 0 radical (unpaired) electrons. The quantitative estimate of drug-likeness (QED) is 0.575. The predicted octanol–water partition coefficient (Wildman–Crippen LogP) is 2.85. The number of unbranched alkanes of at least 4 members (excludes halogenated alkanes) is 2. The Hall–Kier alpha value is -1.66. The summed E-state index contributed by atoms with van der Waals surface area (Å²) in [5.74, 6) is 3.67. The number of hydrogen-bond donors (Lipinski definition) is 2. The molecule has 1 aromatic rings. The van der Waals surface area contributed by atoms with Gasteiger partial charge in [-0.05, 0) is 44.5 Å². The van der Waals surface area contributed by atoms with E-state index >= 15 is 0 Å². The summed E-state index contributed by atoms with van der Waals surface area (Å²) in [6.45, 7) is 2.91. The molecule has 0 heterocycles. The summed E-state index contributed by atoms with van der Waals surface area (Å²) < 4.78 is 5.16. The molecule has 98 valence electrons. The third-order valence-corrected chi connectivity index (χ3v) is 2.90. The Labute approximate surface area is 109 Å². The molecule has 18 heavy (non-hydrogen) atoms. The van der Waals surface area contributed by atoms with Gasteiger partial charge in [0.15, 0.2) is 0 Å². The molecular weight excluding hydrogens is 226 g/mol. The first-order valence-electron chi connectivity index (χ1n) is 6.22. The van der Waals surface area contributed by atoms with Gasteiger partial charge in [0.2, 0.25) is 0 Å². The molecule has 1 rings (SSSR count). The van der Waals surface area contributed by atoms with E-state index < -0.39 is 0 Å². The number of terminal acetylenes is 1. The van der Waals surface area contributed by atoms with Crippen LogP contribution in [0.1, 0.15) is 37.8 Å². The highest BCUT2D eigenvalue weighted by Gasteiger charge is 2.10. The fourth-order valence-corrected chi connectivity index (χ4v) is 1.79. The van der Waals surface area contributed by atoms with Gasteiger partial charge in [-0.2, -0.15) is 0 Å². The van der Waals surface area contributed by atoms with Crippen molar-refractivity contribution in [2.45, 2.75) is 32.2 Å². The normalized spacial score (nSPS) is 11.8. The molecule has 0 fully saturated rings. The molecular formula is C15H21NO2. The SMILES string of the molecule is C#CCCCCNC(C)c1cc(OC)ccc1O. The smallest absolute Gasteiger partial charge is 0.120 e. The van der Waals surface area contributed by atoms with Crippen molar-refractivity contribution in [3.05, 3.63) is 23.8 Å². The molecule has 0 aliphatic heterocycles. The maximum absolute atomic E-state index is 9.82. The monoisotopic (exact) mass is 247 g/mol. The number of hydrogen-bond acceptors (Lipinski definition) is 3. The number of methoxy groups -OCH3 is 1. The molecule has 3 heteroatoms. The molecule has 0 saturated heterocycles. The minimum atomic E-state index is 0.0888. The van der Waals surface area contributed by atoms with Crippen LogP contribution in [0.25, 0.3) is 0 Å². The summed E-state index contributed by atoms with van der Waals surface area (Å²) in [7, 11) is 1.62. The number of ether oxygens (including phenoxy) is 1. The fourth-order valence-electron chi connectivity index (χ4n) is 1.79. The lowest BCUT2D eigenvalue weighted by molar-refractivity contribution is 0.407. The zero-order chi connectivity index (χ0) is 13.4. The van der Waals surface area contributed by atoms with E-state index in [1.165, 1.54) is 0 Å². The van der Waals surface area contributed by atoms with Crippen LogP contribution in [-0.2, 0) is 0 Å². The van der Waals surface area contributed by atoms with Crippen LogP contribution in [0, 0.1) is 12.3 Å². The van der Waals surface area contributed by atoms with Crippen molar-refractivity contribution in [2.24, 2.45) is 0 Å². The Morgan fingerprint density at radius 3 is 2.89 bits per heavy atom. The number of nitrogens with one attached hydrogen (secondary N) is 1. The third kappa shape index (κ3) is 4.31. The van der Waals surface area contributed by atoms with Crippen LogP contribution < -0.4 is 10.1 Å². The van der Waals surface area contributed by atoms with E-state index in [-0.39, 0.29) is 6.04 Å².